The summed E-state index contributed by atoms with van der Waals surface area (Å²) in [5.41, 5.74) is 1.69. The number of hydrogen-bond acceptors (Lipinski definition) is 3. The summed E-state index contributed by atoms with van der Waals surface area (Å²) in [5, 5.41) is 12.8. The fourth-order valence-electron chi connectivity index (χ4n) is 2.38. The number of rotatable bonds is 4. The predicted molar refractivity (Wildman–Crippen MR) is 102 cm³/mol. The molecule has 1 aromatic heterocycles. The first kappa shape index (κ1) is 18.0. The summed E-state index contributed by atoms with van der Waals surface area (Å²) in [7, 11) is 0. The molecular weight excluding hydrogens is 377 g/mol. The van der Waals surface area contributed by atoms with Crippen molar-refractivity contribution in [1.82, 2.24) is 9.78 Å². The number of carbonyl (C=O) groups is 1. The zero-order valence-electron chi connectivity index (χ0n) is 13.5. The molecule has 0 amide bonds. The van der Waals surface area contributed by atoms with Crippen LogP contribution in [0.15, 0.2) is 52.3 Å². The van der Waals surface area contributed by atoms with Crippen molar-refractivity contribution in [3.8, 4) is 5.69 Å². The van der Waals surface area contributed by atoms with E-state index in [0.29, 0.717) is 27.7 Å². The Kier molecular flexibility index (Phi) is 4.97. The van der Waals surface area contributed by atoms with Crippen LogP contribution in [0.1, 0.15) is 21.6 Å². The molecule has 3 aromatic rings. The van der Waals surface area contributed by atoms with Gasteiger partial charge in [0, 0.05) is 16.9 Å². The molecule has 0 aliphatic carbocycles. The third-order valence-corrected chi connectivity index (χ3v) is 4.31. The van der Waals surface area contributed by atoms with Gasteiger partial charge in [0.25, 0.3) is 5.56 Å². The molecule has 2 aromatic carbocycles. The summed E-state index contributed by atoms with van der Waals surface area (Å²) >= 11 is 11.7. The lowest BCUT2D eigenvalue weighted by Crippen LogP contribution is -2.17. The highest BCUT2D eigenvalue weighted by atomic mass is 35.5. The van der Waals surface area contributed by atoms with E-state index in [4.69, 9.17) is 28.3 Å². The van der Waals surface area contributed by atoms with E-state index in [2.05, 4.69) is 10.1 Å². The number of nitrogens with one attached hydrogen (secondary N) is 1. The molecule has 0 aliphatic heterocycles. The Morgan fingerprint density at radius 3 is 2.54 bits per heavy atom. The van der Waals surface area contributed by atoms with E-state index in [-0.39, 0.29) is 16.1 Å². The molecule has 0 saturated carbocycles. The number of halogens is 2. The van der Waals surface area contributed by atoms with E-state index >= 15 is 0 Å². The molecule has 1 heterocycles. The molecule has 8 heteroatoms. The number of H-pyrrole nitrogens is 1. The number of aromatic amines is 1. The van der Waals surface area contributed by atoms with E-state index in [1.165, 1.54) is 23.0 Å². The van der Waals surface area contributed by atoms with Crippen LogP contribution in [0.4, 0.5) is 5.69 Å². The number of aliphatic imine (C=N–C) groups is 1. The van der Waals surface area contributed by atoms with Gasteiger partial charge in [-0.05, 0) is 49.4 Å². The van der Waals surface area contributed by atoms with E-state index in [9.17, 15) is 9.59 Å². The van der Waals surface area contributed by atoms with Crippen LogP contribution in [0.3, 0.4) is 0 Å². The normalized spacial score (nSPS) is 11.2. The number of aromatic carboxylic acids is 1. The lowest BCUT2D eigenvalue weighted by Gasteiger charge is -2.00. The molecule has 26 heavy (non-hydrogen) atoms. The Balaban J connectivity index is 1.97. The van der Waals surface area contributed by atoms with Crippen LogP contribution in [0, 0.1) is 6.92 Å². The first-order chi connectivity index (χ1) is 12.4. The van der Waals surface area contributed by atoms with Gasteiger partial charge in [0.05, 0.1) is 27.5 Å². The number of aryl methyl sites for hydroxylation is 1. The minimum absolute atomic E-state index is 0.0503. The van der Waals surface area contributed by atoms with Crippen LogP contribution in [0.25, 0.3) is 5.69 Å². The Labute approximate surface area is 158 Å². The average molecular weight is 390 g/mol. The molecule has 3 rings (SSSR count). The number of aromatic nitrogens is 2. The smallest absolute Gasteiger partial charge is 0.337 e. The zero-order valence-corrected chi connectivity index (χ0v) is 15.0. The molecule has 0 fully saturated rings. The quantitative estimate of drug-likeness (QED) is 0.654. The summed E-state index contributed by atoms with van der Waals surface area (Å²) in [4.78, 5) is 28.0. The fraction of sp³-hybridized carbons (Fsp3) is 0.0556. The maximum atomic E-state index is 12.6. The number of nitrogens with zero attached hydrogens (tertiary/aromatic N) is 2. The highest BCUT2D eigenvalue weighted by Crippen LogP contribution is 2.22. The second kappa shape index (κ2) is 7.19. The zero-order chi connectivity index (χ0) is 18.8. The summed E-state index contributed by atoms with van der Waals surface area (Å²) in [5.74, 6) is -1.14. The van der Waals surface area contributed by atoms with Crippen molar-refractivity contribution in [3.05, 3.63) is 79.7 Å². The SMILES string of the molecule is Cc1[nH]n(-c2ccc(Cl)cc2)c(=O)c1C=Nc1ccc(Cl)c(C(=O)O)c1. The summed E-state index contributed by atoms with van der Waals surface area (Å²) in [6.07, 6.45) is 1.40. The average Bonchev–Trinajstić information content (AvgIpc) is 2.89. The molecule has 2 N–H and O–H groups in total. The maximum absolute atomic E-state index is 12.6. The van der Waals surface area contributed by atoms with Crippen molar-refractivity contribution in [1.29, 1.82) is 0 Å². The molecular formula is C18H13Cl2N3O3. The fourth-order valence-corrected chi connectivity index (χ4v) is 2.70. The Morgan fingerprint density at radius 2 is 1.88 bits per heavy atom. The van der Waals surface area contributed by atoms with Gasteiger partial charge in [-0.1, -0.05) is 23.2 Å². The molecule has 0 aliphatic rings. The van der Waals surface area contributed by atoms with Crippen molar-refractivity contribution < 1.29 is 9.90 Å². The number of carboxylic acids is 1. The molecule has 0 atom stereocenters. The van der Waals surface area contributed by atoms with Crippen molar-refractivity contribution in [2.75, 3.05) is 0 Å². The van der Waals surface area contributed by atoms with Gasteiger partial charge in [0.1, 0.15) is 0 Å². The van der Waals surface area contributed by atoms with E-state index in [1.54, 1.807) is 37.3 Å². The predicted octanol–water partition coefficient (Wildman–Crippen LogP) is 4.23. The van der Waals surface area contributed by atoms with Crippen molar-refractivity contribution in [2.45, 2.75) is 6.92 Å². The van der Waals surface area contributed by atoms with Gasteiger partial charge in [0.2, 0.25) is 0 Å². The van der Waals surface area contributed by atoms with Crippen LogP contribution >= 0.6 is 23.2 Å². The molecule has 6 nitrogen and oxygen atoms in total. The third-order valence-electron chi connectivity index (χ3n) is 3.72. The Hall–Kier alpha value is -2.83. The minimum atomic E-state index is -1.14. The van der Waals surface area contributed by atoms with E-state index in [1.807, 2.05) is 0 Å². The van der Waals surface area contributed by atoms with Gasteiger partial charge in [-0.25, -0.2) is 9.48 Å². The lowest BCUT2D eigenvalue weighted by atomic mass is 10.2. The summed E-state index contributed by atoms with van der Waals surface area (Å²) in [6.45, 7) is 1.75. The highest BCUT2D eigenvalue weighted by molar-refractivity contribution is 6.33. The largest absolute Gasteiger partial charge is 0.478 e. The van der Waals surface area contributed by atoms with Crippen LogP contribution in [0.5, 0.6) is 0 Å². The number of hydrogen-bond donors (Lipinski definition) is 2. The maximum Gasteiger partial charge on any atom is 0.337 e. The van der Waals surface area contributed by atoms with Crippen LogP contribution < -0.4 is 5.56 Å². The third kappa shape index (κ3) is 3.56. The Morgan fingerprint density at radius 1 is 1.19 bits per heavy atom. The molecule has 0 spiro atoms. The summed E-state index contributed by atoms with van der Waals surface area (Å²) < 4.78 is 1.39. The second-order valence-corrected chi connectivity index (χ2v) is 6.34. The van der Waals surface area contributed by atoms with Gasteiger partial charge >= 0.3 is 5.97 Å². The minimum Gasteiger partial charge on any atom is -0.478 e. The topological polar surface area (TPSA) is 87.5 Å². The Bertz CT molecular complexity index is 1070. The molecule has 132 valence electrons. The van der Waals surface area contributed by atoms with Crippen LogP contribution in [0.2, 0.25) is 10.0 Å². The lowest BCUT2D eigenvalue weighted by molar-refractivity contribution is 0.0697. The molecule has 0 saturated heterocycles. The monoisotopic (exact) mass is 389 g/mol. The number of benzene rings is 2. The van der Waals surface area contributed by atoms with Crippen molar-refractivity contribution in [2.24, 2.45) is 4.99 Å². The van der Waals surface area contributed by atoms with Gasteiger partial charge in [0.15, 0.2) is 0 Å². The van der Waals surface area contributed by atoms with Gasteiger partial charge in [-0.15, -0.1) is 0 Å². The van der Waals surface area contributed by atoms with E-state index in [0.717, 1.165) is 0 Å². The van der Waals surface area contributed by atoms with Crippen molar-refractivity contribution in [3.63, 3.8) is 0 Å². The number of carboxylic acid groups (broad SMARTS) is 1. The highest BCUT2D eigenvalue weighted by Gasteiger charge is 2.12. The summed E-state index contributed by atoms with van der Waals surface area (Å²) in [6, 6.07) is 11.2. The molecule has 0 unspecified atom stereocenters. The molecule has 0 bridgehead atoms. The standard InChI is InChI=1S/C18H13Cl2N3O3/c1-10-15(9-21-12-4-7-16(20)14(8-12)18(25)26)17(24)23(22-10)13-5-2-11(19)3-6-13/h2-9,22H,1H3,(H,25,26). The van der Waals surface area contributed by atoms with Gasteiger partial charge < -0.3 is 5.11 Å². The second-order valence-electron chi connectivity index (χ2n) is 5.49. The van der Waals surface area contributed by atoms with Crippen LogP contribution in [-0.4, -0.2) is 27.1 Å². The van der Waals surface area contributed by atoms with Gasteiger partial charge in [-0.3, -0.25) is 14.9 Å². The first-order valence-corrected chi connectivity index (χ1v) is 8.27. The van der Waals surface area contributed by atoms with E-state index < -0.39 is 5.97 Å². The van der Waals surface area contributed by atoms with Gasteiger partial charge in [-0.2, -0.15) is 0 Å². The van der Waals surface area contributed by atoms with Crippen molar-refractivity contribution >= 4 is 41.1 Å². The molecule has 0 radical (unpaired) electrons. The first-order valence-electron chi connectivity index (χ1n) is 7.51. The van der Waals surface area contributed by atoms with Crippen LogP contribution in [-0.2, 0) is 0 Å².